The average molecular weight is 691 g/mol. The zero-order valence-electron chi connectivity index (χ0n) is 29.7. The molecule has 10 nitrogen and oxygen atoms in total. The van der Waals surface area contributed by atoms with Gasteiger partial charge in [-0.05, 0) is 95.4 Å². The number of nitrogens with zero attached hydrogens (tertiary/aromatic N) is 3. The molecule has 1 aromatic carbocycles. The second-order valence-corrected chi connectivity index (χ2v) is 16.4. The van der Waals surface area contributed by atoms with Crippen molar-refractivity contribution in [2.45, 2.75) is 108 Å². The van der Waals surface area contributed by atoms with Crippen LogP contribution in [0.5, 0.6) is 0 Å². The van der Waals surface area contributed by atoms with E-state index < -0.39 is 52.4 Å². The number of hydrogen-bond acceptors (Lipinski definition) is 8. The summed E-state index contributed by atoms with van der Waals surface area (Å²) < 4.78 is 18.6. The van der Waals surface area contributed by atoms with Gasteiger partial charge in [0, 0.05) is 47.3 Å². The highest BCUT2D eigenvalue weighted by Gasteiger charge is 2.75. The van der Waals surface area contributed by atoms with Crippen LogP contribution in [0.1, 0.15) is 82.6 Å². The summed E-state index contributed by atoms with van der Waals surface area (Å²) in [7, 11) is 4.10. The molecule has 0 radical (unpaired) electrons. The zero-order valence-corrected chi connectivity index (χ0v) is 29.7. The molecular weight excluding hydrogens is 639 g/mol. The molecule has 4 N–H and O–H groups in total. The van der Waals surface area contributed by atoms with Gasteiger partial charge < -0.3 is 25.5 Å². The summed E-state index contributed by atoms with van der Waals surface area (Å²) in [6.45, 7) is 4.48. The number of piperidine rings is 1. The molecule has 2 aromatic rings. The number of allylic oxidation sites excluding steroid dienone is 4. The molecule has 3 heterocycles. The number of Topliss-reactive ketones (excluding diaryl/α,β-unsaturated/α-hetero) is 1. The molecular formula is C39H51FN4O6. The second kappa shape index (κ2) is 12.2. The molecule has 50 heavy (non-hydrogen) atoms. The summed E-state index contributed by atoms with van der Waals surface area (Å²) in [6.07, 6.45) is 9.09. The van der Waals surface area contributed by atoms with Crippen LogP contribution in [-0.2, 0) is 16.6 Å². The van der Waals surface area contributed by atoms with Crippen molar-refractivity contribution in [1.29, 1.82) is 0 Å². The van der Waals surface area contributed by atoms with Crippen molar-refractivity contribution in [1.82, 2.24) is 20.0 Å². The standard InChI is InChI=1S/C22H29FO5.C17H22N4O/c1-12-8-16-15-5-4-13-9-14(25)6-7-19(13,2)21(15,23)17(26)10-20(16,3)22(12,28)18(27)11-24;1-20-12-7-8-13(20)10-11(9-12)18-17(22)16-14-5-3-4-6-15(14)21(2)19-16/h6-7,9,12,15-17,24,26,28H,4-5,8,10-11H2,1-3H3;3-6,11-13H,7-10H2,1-2H3,(H,18,22)/t12-,15?,16?,17+,19+,20+,21+,22+;11?,12-,13+/m1./s1. The van der Waals surface area contributed by atoms with Crippen LogP contribution in [0.25, 0.3) is 10.9 Å². The Morgan fingerprint density at radius 3 is 2.42 bits per heavy atom. The first-order chi connectivity index (χ1) is 23.6. The van der Waals surface area contributed by atoms with Crippen LogP contribution in [0.2, 0.25) is 0 Å². The molecule has 5 fully saturated rings. The van der Waals surface area contributed by atoms with Gasteiger partial charge in [0.05, 0.1) is 11.6 Å². The topological polar surface area (TPSA) is 145 Å². The lowest BCUT2D eigenvalue weighted by atomic mass is 9.44. The van der Waals surface area contributed by atoms with Crippen LogP contribution in [0, 0.1) is 28.6 Å². The molecule has 4 aliphatic carbocycles. The Balaban J connectivity index is 0.000000161. The first-order valence-electron chi connectivity index (χ1n) is 18.2. The number of carbonyl (C=O) groups is 3. The summed E-state index contributed by atoms with van der Waals surface area (Å²) in [5.74, 6) is -2.16. The Hall–Kier alpha value is -3.25. The van der Waals surface area contributed by atoms with Crippen molar-refractivity contribution in [3.05, 3.63) is 53.8 Å². The molecule has 1 amide bonds. The van der Waals surface area contributed by atoms with E-state index in [4.69, 9.17) is 0 Å². The molecule has 2 aliphatic heterocycles. The molecule has 11 heteroatoms. The fourth-order valence-electron chi connectivity index (χ4n) is 11.4. The normalized spacial score (nSPS) is 41.8. The van der Waals surface area contributed by atoms with Crippen LogP contribution in [-0.4, -0.2) is 96.6 Å². The van der Waals surface area contributed by atoms with E-state index in [1.54, 1.807) is 31.5 Å². The first-order valence-corrected chi connectivity index (χ1v) is 18.2. The predicted octanol–water partition coefficient (Wildman–Crippen LogP) is 3.82. The summed E-state index contributed by atoms with van der Waals surface area (Å²) >= 11 is 0. The number of aliphatic hydroxyl groups is 3. The second-order valence-electron chi connectivity index (χ2n) is 16.4. The Kier molecular flexibility index (Phi) is 8.56. The average Bonchev–Trinajstić information content (AvgIpc) is 3.59. The Labute approximate surface area is 292 Å². The lowest BCUT2D eigenvalue weighted by molar-refractivity contribution is -0.219. The van der Waals surface area contributed by atoms with Crippen molar-refractivity contribution in [3.8, 4) is 0 Å². The summed E-state index contributed by atoms with van der Waals surface area (Å²) in [4.78, 5) is 39.5. The number of halogens is 1. The minimum absolute atomic E-state index is 0.0363. The number of aromatic nitrogens is 2. The number of carbonyl (C=O) groups excluding carboxylic acids is 3. The van der Waals surface area contributed by atoms with Gasteiger partial charge in [-0.2, -0.15) is 5.10 Å². The van der Waals surface area contributed by atoms with Crippen LogP contribution in [0.15, 0.2) is 48.1 Å². The van der Waals surface area contributed by atoms with E-state index in [0.29, 0.717) is 42.6 Å². The monoisotopic (exact) mass is 690 g/mol. The third-order valence-electron chi connectivity index (χ3n) is 14.2. The van der Waals surface area contributed by atoms with Crippen LogP contribution >= 0.6 is 0 Å². The quantitative estimate of drug-likeness (QED) is 0.379. The van der Waals surface area contributed by atoms with Gasteiger partial charge in [-0.3, -0.25) is 19.1 Å². The molecule has 11 atom stereocenters. The molecule has 2 saturated heterocycles. The molecule has 3 unspecified atom stereocenters. The van der Waals surface area contributed by atoms with Crippen molar-refractivity contribution in [2.24, 2.45) is 35.6 Å². The highest BCUT2D eigenvalue weighted by molar-refractivity contribution is 6.05. The molecule has 0 spiro atoms. The Morgan fingerprint density at radius 2 is 1.74 bits per heavy atom. The number of benzene rings is 1. The van der Waals surface area contributed by atoms with E-state index in [2.05, 4.69) is 22.4 Å². The number of fused-ring (bicyclic) bond motifs is 8. The number of rotatable bonds is 4. The molecule has 8 rings (SSSR count). The zero-order chi connectivity index (χ0) is 36.0. The molecule has 270 valence electrons. The van der Waals surface area contributed by atoms with Gasteiger partial charge in [0.2, 0.25) is 0 Å². The summed E-state index contributed by atoms with van der Waals surface area (Å²) in [6, 6.07) is 9.43. The summed E-state index contributed by atoms with van der Waals surface area (Å²) in [5.41, 5.74) is -3.63. The lowest BCUT2D eigenvalue weighted by Gasteiger charge is -2.62. The highest BCUT2D eigenvalue weighted by Crippen LogP contribution is 2.70. The molecule has 6 aliphatic rings. The smallest absolute Gasteiger partial charge is 0.272 e. The molecule has 2 bridgehead atoms. The van der Waals surface area contributed by atoms with Gasteiger partial charge in [-0.1, -0.05) is 43.7 Å². The van der Waals surface area contributed by atoms with E-state index in [1.165, 1.54) is 25.0 Å². The van der Waals surface area contributed by atoms with Crippen molar-refractivity contribution >= 4 is 28.4 Å². The van der Waals surface area contributed by atoms with Crippen molar-refractivity contribution in [3.63, 3.8) is 0 Å². The van der Waals surface area contributed by atoms with Gasteiger partial charge in [-0.15, -0.1) is 0 Å². The maximum Gasteiger partial charge on any atom is 0.272 e. The number of amides is 1. The van der Waals surface area contributed by atoms with E-state index in [0.717, 1.165) is 23.7 Å². The fraction of sp³-hybridized carbons (Fsp3) is 0.641. The van der Waals surface area contributed by atoms with Gasteiger partial charge in [0.15, 0.2) is 22.9 Å². The number of alkyl halides is 1. The van der Waals surface area contributed by atoms with Gasteiger partial charge in [-0.25, -0.2) is 4.39 Å². The van der Waals surface area contributed by atoms with E-state index in [-0.39, 0.29) is 30.1 Å². The number of hydrogen-bond donors (Lipinski definition) is 4. The van der Waals surface area contributed by atoms with Gasteiger partial charge >= 0.3 is 0 Å². The Morgan fingerprint density at radius 1 is 1.06 bits per heavy atom. The SMILES string of the molecule is CN1[C@@H]2CC[C@H]1CC(NC(=O)c1nn(C)c3ccccc13)C2.C[C@@H]1CC2C3CCC4=CC(=O)C=C[C@]4(C)[C@@]3(F)[C@@H](O)C[C@]2(C)[C@@]1(O)C(=O)CO. The minimum Gasteiger partial charge on any atom is -0.390 e. The molecule has 3 saturated carbocycles. The first kappa shape index (κ1) is 35.2. The van der Waals surface area contributed by atoms with E-state index >= 15 is 4.39 Å². The van der Waals surface area contributed by atoms with Crippen LogP contribution < -0.4 is 5.32 Å². The van der Waals surface area contributed by atoms with Crippen LogP contribution in [0.3, 0.4) is 0 Å². The van der Waals surface area contributed by atoms with E-state index in [9.17, 15) is 29.7 Å². The number of nitrogens with one attached hydrogen (secondary N) is 1. The minimum atomic E-state index is -1.98. The number of para-hydroxylation sites is 1. The number of ketones is 2. The van der Waals surface area contributed by atoms with Crippen LogP contribution in [0.4, 0.5) is 4.39 Å². The number of aliphatic hydroxyl groups excluding tert-OH is 2. The fourth-order valence-corrected chi connectivity index (χ4v) is 11.4. The maximum absolute atomic E-state index is 16.9. The van der Waals surface area contributed by atoms with Gasteiger partial charge in [0.25, 0.3) is 5.91 Å². The third kappa shape index (κ3) is 4.86. The Bertz CT molecular complexity index is 1780. The van der Waals surface area contributed by atoms with Crippen molar-refractivity contribution in [2.75, 3.05) is 13.7 Å². The largest absolute Gasteiger partial charge is 0.390 e. The highest BCUT2D eigenvalue weighted by atomic mass is 19.1. The van der Waals surface area contributed by atoms with Crippen molar-refractivity contribution < 1.29 is 34.1 Å². The number of aryl methyl sites for hydroxylation is 1. The van der Waals surface area contributed by atoms with Gasteiger partial charge in [0.1, 0.15) is 12.2 Å². The summed E-state index contributed by atoms with van der Waals surface area (Å²) in [5, 5.41) is 40.5. The lowest BCUT2D eigenvalue weighted by Crippen LogP contribution is -2.69. The third-order valence-corrected chi connectivity index (χ3v) is 14.2. The maximum atomic E-state index is 16.9. The van der Waals surface area contributed by atoms with E-state index in [1.807, 2.05) is 31.3 Å². The molecule has 1 aromatic heterocycles. The predicted molar refractivity (Wildman–Crippen MR) is 186 cm³/mol.